The van der Waals surface area contributed by atoms with Gasteiger partial charge in [0.15, 0.2) is 5.84 Å². The molecule has 0 fully saturated rings. The maximum Gasteiger partial charge on any atom is 0.154 e. The number of halogens is 1. The number of rotatable bonds is 4. The number of aryl methyl sites for hydroxylation is 1. The number of amidine groups is 1. The minimum atomic E-state index is 0.644. The number of hydrazone groups is 1. The van der Waals surface area contributed by atoms with Crippen LogP contribution in [0.15, 0.2) is 81.3 Å². The minimum Gasteiger partial charge on any atom is -0.494 e. The predicted octanol–water partition coefficient (Wildman–Crippen LogP) is 5.59. The van der Waals surface area contributed by atoms with Crippen molar-refractivity contribution in [2.45, 2.75) is 13.8 Å². The number of nitrogens with zero attached hydrogens (tertiary/aromatic N) is 2. The van der Waals surface area contributed by atoms with Gasteiger partial charge in [-0.1, -0.05) is 45.8 Å². The molecule has 4 nitrogen and oxygen atoms in total. The van der Waals surface area contributed by atoms with Crippen LogP contribution in [-0.4, -0.2) is 18.2 Å². The molecule has 0 saturated heterocycles. The number of hydrogen-bond donors (Lipinski definition) is 1. The molecule has 0 amide bonds. The maximum absolute atomic E-state index is 5.56. The van der Waals surface area contributed by atoms with Gasteiger partial charge >= 0.3 is 0 Å². The van der Waals surface area contributed by atoms with Gasteiger partial charge in [-0.3, -0.25) is 5.43 Å². The molecule has 3 aromatic carbocycles. The van der Waals surface area contributed by atoms with E-state index in [9.17, 15) is 0 Å². The number of aliphatic imine (C=N–C) groups is 1. The van der Waals surface area contributed by atoms with Crippen molar-refractivity contribution in [3.63, 3.8) is 0 Å². The highest BCUT2D eigenvalue weighted by atomic mass is 79.9. The Balaban J connectivity index is 1.79. The predicted molar refractivity (Wildman–Crippen MR) is 118 cm³/mol. The van der Waals surface area contributed by atoms with Crippen LogP contribution in [0.2, 0.25) is 0 Å². The van der Waals surface area contributed by atoms with Crippen LogP contribution in [0.4, 0.5) is 5.69 Å². The number of benzene rings is 3. The highest BCUT2D eigenvalue weighted by Crippen LogP contribution is 2.29. The second-order valence-corrected chi connectivity index (χ2v) is 7.43. The fourth-order valence-electron chi connectivity index (χ4n) is 3.05. The molecule has 0 unspecified atom stereocenters. The van der Waals surface area contributed by atoms with Gasteiger partial charge in [0.05, 0.1) is 12.3 Å². The quantitative estimate of drug-likeness (QED) is 0.582. The van der Waals surface area contributed by atoms with Crippen LogP contribution in [0, 0.1) is 6.92 Å². The lowest BCUT2D eigenvalue weighted by molar-refractivity contribution is 0.340. The van der Waals surface area contributed by atoms with E-state index >= 15 is 0 Å². The van der Waals surface area contributed by atoms with Gasteiger partial charge < -0.3 is 4.74 Å². The van der Waals surface area contributed by atoms with E-state index in [1.165, 1.54) is 5.56 Å². The molecular formula is C23H20BrN3O. The van der Waals surface area contributed by atoms with Gasteiger partial charge in [-0.05, 0) is 56.3 Å². The molecule has 0 bridgehead atoms. The molecular weight excluding hydrogens is 414 g/mol. The molecule has 0 aliphatic carbocycles. The summed E-state index contributed by atoms with van der Waals surface area (Å²) >= 11 is 3.57. The van der Waals surface area contributed by atoms with Crippen molar-refractivity contribution < 1.29 is 4.74 Å². The molecule has 1 N–H and O–H groups in total. The van der Waals surface area contributed by atoms with Crippen molar-refractivity contribution in [2.24, 2.45) is 10.1 Å². The molecule has 0 spiro atoms. The summed E-state index contributed by atoms with van der Waals surface area (Å²) in [4.78, 5) is 4.85. The van der Waals surface area contributed by atoms with Crippen molar-refractivity contribution in [3.8, 4) is 5.75 Å². The van der Waals surface area contributed by atoms with Gasteiger partial charge in [0, 0.05) is 21.2 Å². The Labute approximate surface area is 173 Å². The molecule has 0 aromatic heterocycles. The lowest BCUT2D eigenvalue weighted by Crippen LogP contribution is -2.19. The molecule has 28 heavy (non-hydrogen) atoms. The first kappa shape index (κ1) is 18.4. The summed E-state index contributed by atoms with van der Waals surface area (Å²) in [5.74, 6) is 1.57. The van der Waals surface area contributed by atoms with Crippen molar-refractivity contribution in [3.05, 3.63) is 93.5 Å². The van der Waals surface area contributed by atoms with E-state index in [0.29, 0.717) is 6.61 Å². The first-order valence-corrected chi connectivity index (χ1v) is 9.96. The van der Waals surface area contributed by atoms with Gasteiger partial charge in [0.2, 0.25) is 0 Å². The number of ether oxygens (including phenoxy) is 1. The lowest BCUT2D eigenvalue weighted by atomic mass is 10.0. The highest BCUT2D eigenvalue weighted by molar-refractivity contribution is 9.10. The van der Waals surface area contributed by atoms with Crippen molar-refractivity contribution >= 4 is 33.2 Å². The third kappa shape index (κ3) is 3.85. The number of hydrogen-bond acceptors (Lipinski definition) is 4. The second kappa shape index (κ2) is 7.98. The Morgan fingerprint density at radius 1 is 0.929 bits per heavy atom. The molecule has 0 radical (unpaired) electrons. The van der Waals surface area contributed by atoms with Crippen molar-refractivity contribution in [2.75, 3.05) is 6.61 Å². The van der Waals surface area contributed by atoms with Crippen LogP contribution in [0.25, 0.3) is 0 Å². The Morgan fingerprint density at radius 2 is 1.64 bits per heavy atom. The van der Waals surface area contributed by atoms with Gasteiger partial charge in [-0.2, -0.15) is 5.10 Å². The largest absolute Gasteiger partial charge is 0.494 e. The minimum absolute atomic E-state index is 0.644. The lowest BCUT2D eigenvalue weighted by Gasteiger charge is -2.09. The average molecular weight is 434 g/mol. The standard InChI is InChI=1S/C23H20BrN3O/c1-3-28-19-11-8-16(9-12-19)22-20-14-18(24)10-13-21(20)25-23(27-26-22)17-6-4-15(2)5-7-17/h4-14H,3H2,1-2H3,(H,25,27). The summed E-state index contributed by atoms with van der Waals surface area (Å²) in [6.07, 6.45) is 0. The highest BCUT2D eigenvalue weighted by Gasteiger charge is 2.17. The summed E-state index contributed by atoms with van der Waals surface area (Å²) in [6, 6.07) is 22.3. The molecule has 1 heterocycles. The Bertz CT molecular complexity index is 1050. The second-order valence-electron chi connectivity index (χ2n) is 6.52. The first-order chi connectivity index (χ1) is 13.6. The Morgan fingerprint density at radius 3 is 2.36 bits per heavy atom. The number of nitrogens with one attached hydrogen (secondary N) is 1. The van der Waals surface area contributed by atoms with Crippen LogP contribution < -0.4 is 10.2 Å². The fourth-order valence-corrected chi connectivity index (χ4v) is 3.41. The van der Waals surface area contributed by atoms with Crippen LogP contribution in [0.5, 0.6) is 5.75 Å². The molecule has 1 aliphatic rings. The third-order valence-corrected chi connectivity index (χ3v) is 4.98. The summed E-state index contributed by atoms with van der Waals surface area (Å²) in [7, 11) is 0. The Hall–Kier alpha value is -2.92. The van der Waals surface area contributed by atoms with E-state index in [2.05, 4.69) is 52.5 Å². The molecule has 1 aliphatic heterocycles. The smallest absolute Gasteiger partial charge is 0.154 e. The zero-order valence-electron chi connectivity index (χ0n) is 15.7. The Kier molecular flexibility index (Phi) is 5.26. The van der Waals surface area contributed by atoms with Crippen LogP contribution in [-0.2, 0) is 0 Å². The van der Waals surface area contributed by atoms with E-state index in [-0.39, 0.29) is 0 Å². The molecule has 140 valence electrons. The number of fused-ring (bicyclic) bond motifs is 1. The van der Waals surface area contributed by atoms with Crippen molar-refractivity contribution in [1.29, 1.82) is 0 Å². The van der Waals surface area contributed by atoms with Crippen molar-refractivity contribution in [1.82, 2.24) is 5.43 Å². The summed E-state index contributed by atoms with van der Waals surface area (Å²) in [6.45, 7) is 4.69. The summed E-state index contributed by atoms with van der Waals surface area (Å²) < 4.78 is 6.55. The van der Waals surface area contributed by atoms with E-state index in [1.54, 1.807) is 0 Å². The van der Waals surface area contributed by atoms with E-state index in [4.69, 9.17) is 14.8 Å². The van der Waals surface area contributed by atoms with E-state index in [1.807, 2.05) is 49.4 Å². The molecule has 0 atom stereocenters. The SMILES string of the molecule is CCOc1ccc(C2=NNC(c3ccc(C)cc3)=Nc3ccc(Br)cc32)cc1. The van der Waals surface area contributed by atoms with Crippen LogP contribution in [0.3, 0.4) is 0 Å². The molecule has 0 saturated carbocycles. The van der Waals surface area contributed by atoms with Gasteiger partial charge in [-0.15, -0.1) is 0 Å². The third-order valence-electron chi connectivity index (χ3n) is 4.48. The topological polar surface area (TPSA) is 46.0 Å². The van der Waals surface area contributed by atoms with Gasteiger partial charge in [-0.25, -0.2) is 4.99 Å². The zero-order valence-corrected chi connectivity index (χ0v) is 17.3. The monoisotopic (exact) mass is 433 g/mol. The van der Waals surface area contributed by atoms with Crippen LogP contribution in [0.1, 0.15) is 29.2 Å². The zero-order chi connectivity index (χ0) is 19.5. The molecule has 5 heteroatoms. The molecule has 4 rings (SSSR count). The summed E-state index contributed by atoms with van der Waals surface area (Å²) in [5, 5.41) is 4.71. The fraction of sp³-hybridized carbons (Fsp3) is 0.130. The normalized spacial score (nSPS) is 13.0. The molecule has 3 aromatic rings. The van der Waals surface area contributed by atoms with Gasteiger partial charge in [0.1, 0.15) is 11.5 Å². The average Bonchev–Trinajstić information content (AvgIpc) is 2.89. The van der Waals surface area contributed by atoms with E-state index in [0.717, 1.165) is 44.1 Å². The summed E-state index contributed by atoms with van der Waals surface area (Å²) in [5.41, 5.74) is 9.04. The van der Waals surface area contributed by atoms with E-state index < -0.39 is 0 Å². The van der Waals surface area contributed by atoms with Gasteiger partial charge in [0.25, 0.3) is 0 Å². The maximum atomic E-state index is 5.56. The van der Waals surface area contributed by atoms with Crippen LogP contribution >= 0.6 is 15.9 Å². The first-order valence-electron chi connectivity index (χ1n) is 9.16.